The largest absolute Gasteiger partial charge is 0.772 e. The molecule has 0 aliphatic carbocycles. The van der Waals surface area contributed by atoms with Crippen LogP contribution in [-0.4, -0.2) is 14.5 Å². The molecule has 0 N–H and O–H groups in total. The van der Waals surface area contributed by atoms with Crippen molar-refractivity contribution in [1.29, 1.82) is 0 Å². The molecule has 1 aromatic carbocycles. The Balaban J connectivity index is 2.73. The van der Waals surface area contributed by atoms with Crippen LogP contribution in [0.4, 0.5) is 0 Å². The minimum Gasteiger partial charge on any atom is -0.772 e. The summed E-state index contributed by atoms with van der Waals surface area (Å²) in [5, 5.41) is 0. The van der Waals surface area contributed by atoms with Crippen LogP contribution in [0.3, 0.4) is 0 Å². The summed E-state index contributed by atoms with van der Waals surface area (Å²) in [6.07, 6.45) is 0.859. The van der Waals surface area contributed by atoms with E-state index in [4.69, 9.17) is 0 Å². The molecule has 0 bridgehead atoms. The third kappa shape index (κ3) is 3.28. The Labute approximate surface area is 81.3 Å². The van der Waals surface area contributed by atoms with Crippen LogP contribution in [-0.2, 0) is 11.1 Å². The fraction of sp³-hybridized carbons (Fsp3) is 0.400. The van der Waals surface area contributed by atoms with Crippen molar-refractivity contribution in [2.24, 2.45) is 0 Å². The van der Waals surface area contributed by atoms with Gasteiger partial charge in [0.25, 0.3) is 0 Å². The Morgan fingerprint density at radius 2 is 2.00 bits per heavy atom. The molecule has 2 nitrogen and oxygen atoms in total. The van der Waals surface area contributed by atoms with Crippen molar-refractivity contribution >= 4 is 11.1 Å². The van der Waals surface area contributed by atoms with E-state index in [0.717, 1.165) is 12.0 Å². The first kappa shape index (κ1) is 10.4. The second-order valence-corrected chi connectivity index (χ2v) is 3.93. The fourth-order valence-corrected chi connectivity index (χ4v) is 2.10. The zero-order valence-electron chi connectivity index (χ0n) is 7.60. The number of benzene rings is 1. The van der Waals surface area contributed by atoms with Gasteiger partial charge in [-0.2, -0.15) is 0 Å². The lowest BCUT2D eigenvalue weighted by atomic mass is 9.99. The van der Waals surface area contributed by atoms with Gasteiger partial charge < -0.3 is 4.55 Å². The predicted molar refractivity (Wildman–Crippen MR) is 53.3 cm³/mol. The summed E-state index contributed by atoms with van der Waals surface area (Å²) in [4.78, 5) is 0. The van der Waals surface area contributed by atoms with Crippen molar-refractivity contribution in [3.8, 4) is 0 Å². The molecule has 1 aromatic rings. The molecule has 0 heterocycles. The SMILES string of the molecule is CCC(CS(=O)[O-])c1ccccc1. The topological polar surface area (TPSA) is 40.1 Å². The van der Waals surface area contributed by atoms with Crippen molar-refractivity contribution in [3.05, 3.63) is 35.9 Å². The van der Waals surface area contributed by atoms with Crippen LogP contribution in [0.1, 0.15) is 24.8 Å². The lowest BCUT2D eigenvalue weighted by Crippen LogP contribution is -2.07. The van der Waals surface area contributed by atoms with Crippen LogP contribution >= 0.6 is 0 Å². The molecular weight excluding hydrogens is 184 g/mol. The Morgan fingerprint density at radius 3 is 2.46 bits per heavy atom. The van der Waals surface area contributed by atoms with E-state index in [0.29, 0.717) is 0 Å². The highest BCUT2D eigenvalue weighted by molar-refractivity contribution is 7.79. The van der Waals surface area contributed by atoms with Crippen LogP contribution < -0.4 is 0 Å². The van der Waals surface area contributed by atoms with Crippen LogP contribution in [0, 0.1) is 0 Å². The average Bonchev–Trinajstić information content (AvgIpc) is 2.15. The minimum absolute atomic E-state index is 0.138. The van der Waals surface area contributed by atoms with Gasteiger partial charge >= 0.3 is 0 Å². The molecule has 3 heteroatoms. The van der Waals surface area contributed by atoms with Crippen LogP contribution in [0.15, 0.2) is 30.3 Å². The van der Waals surface area contributed by atoms with Crippen molar-refractivity contribution in [3.63, 3.8) is 0 Å². The highest BCUT2D eigenvalue weighted by Gasteiger charge is 2.07. The summed E-state index contributed by atoms with van der Waals surface area (Å²) in [5.41, 5.74) is 1.11. The summed E-state index contributed by atoms with van der Waals surface area (Å²) in [6.45, 7) is 2.00. The van der Waals surface area contributed by atoms with Crippen LogP contribution in [0.25, 0.3) is 0 Å². The number of hydrogen-bond acceptors (Lipinski definition) is 2. The Hall–Kier alpha value is -0.670. The van der Waals surface area contributed by atoms with Gasteiger partial charge in [0.15, 0.2) is 0 Å². The van der Waals surface area contributed by atoms with Gasteiger partial charge in [0, 0.05) is 5.75 Å². The van der Waals surface area contributed by atoms with E-state index < -0.39 is 11.1 Å². The van der Waals surface area contributed by atoms with Gasteiger partial charge in [-0.25, -0.2) is 0 Å². The first-order chi connectivity index (χ1) is 6.24. The predicted octanol–water partition coefficient (Wildman–Crippen LogP) is 2.06. The lowest BCUT2D eigenvalue weighted by molar-refractivity contribution is 0.528. The van der Waals surface area contributed by atoms with E-state index in [1.54, 1.807) is 0 Å². The Bertz CT molecular complexity index is 272. The molecule has 2 atom stereocenters. The zero-order chi connectivity index (χ0) is 9.68. The number of hydrogen-bond donors (Lipinski definition) is 0. The third-order valence-electron chi connectivity index (χ3n) is 2.10. The maximum absolute atomic E-state index is 10.5. The van der Waals surface area contributed by atoms with Crippen molar-refractivity contribution < 1.29 is 8.76 Å². The van der Waals surface area contributed by atoms with E-state index in [9.17, 15) is 8.76 Å². The first-order valence-corrected chi connectivity index (χ1v) is 5.59. The molecule has 2 unspecified atom stereocenters. The number of rotatable bonds is 4. The summed E-state index contributed by atoms with van der Waals surface area (Å²) in [5.74, 6) is 0.361. The fourth-order valence-electron chi connectivity index (χ4n) is 1.34. The maximum Gasteiger partial charge on any atom is 0.0170 e. The molecule has 0 aliphatic rings. The van der Waals surface area contributed by atoms with Gasteiger partial charge in [-0.3, -0.25) is 4.21 Å². The second-order valence-electron chi connectivity index (χ2n) is 2.99. The monoisotopic (exact) mass is 197 g/mol. The van der Waals surface area contributed by atoms with E-state index in [2.05, 4.69) is 0 Å². The zero-order valence-corrected chi connectivity index (χ0v) is 8.42. The van der Waals surface area contributed by atoms with E-state index in [1.807, 2.05) is 37.3 Å². The van der Waals surface area contributed by atoms with Gasteiger partial charge in [-0.1, -0.05) is 48.3 Å². The molecule has 1 rings (SSSR count). The highest BCUT2D eigenvalue weighted by atomic mass is 32.2. The maximum atomic E-state index is 10.5. The second kappa shape index (κ2) is 5.14. The molecule has 0 aliphatic heterocycles. The van der Waals surface area contributed by atoms with Crippen molar-refractivity contribution in [2.45, 2.75) is 19.3 Å². The normalized spacial score (nSPS) is 15.2. The van der Waals surface area contributed by atoms with Gasteiger partial charge in [0.2, 0.25) is 0 Å². The molecule has 0 radical (unpaired) electrons. The Morgan fingerprint density at radius 1 is 1.38 bits per heavy atom. The molecule has 0 fully saturated rings. The van der Waals surface area contributed by atoms with Crippen molar-refractivity contribution in [1.82, 2.24) is 0 Å². The average molecular weight is 197 g/mol. The molecule has 72 valence electrons. The van der Waals surface area contributed by atoms with Crippen LogP contribution in [0.5, 0.6) is 0 Å². The smallest absolute Gasteiger partial charge is 0.0170 e. The Kier molecular flexibility index (Phi) is 4.12. The van der Waals surface area contributed by atoms with Crippen molar-refractivity contribution in [2.75, 3.05) is 5.75 Å². The minimum atomic E-state index is -1.95. The molecule has 0 aromatic heterocycles. The molecular formula is C10H13O2S-. The molecule has 0 amide bonds. The summed E-state index contributed by atoms with van der Waals surface area (Å²) in [6, 6.07) is 9.75. The van der Waals surface area contributed by atoms with Gasteiger partial charge in [0.1, 0.15) is 0 Å². The molecule has 0 saturated heterocycles. The lowest BCUT2D eigenvalue weighted by Gasteiger charge is -2.16. The summed E-state index contributed by atoms with van der Waals surface area (Å²) in [7, 11) is 0. The van der Waals surface area contributed by atoms with Crippen LogP contribution in [0.2, 0.25) is 0 Å². The summed E-state index contributed by atoms with van der Waals surface area (Å²) >= 11 is -1.95. The van der Waals surface area contributed by atoms with E-state index in [1.165, 1.54) is 0 Å². The van der Waals surface area contributed by atoms with Gasteiger partial charge in [-0.05, 0) is 17.9 Å². The molecule has 0 spiro atoms. The summed E-state index contributed by atoms with van der Waals surface area (Å²) < 4.78 is 21.1. The highest BCUT2D eigenvalue weighted by Crippen LogP contribution is 2.19. The van der Waals surface area contributed by atoms with Gasteiger partial charge in [0.05, 0.1) is 0 Å². The van der Waals surface area contributed by atoms with E-state index >= 15 is 0 Å². The quantitative estimate of drug-likeness (QED) is 0.693. The molecule has 13 heavy (non-hydrogen) atoms. The van der Waals surface area contributed by atoms with E-state index in [-0.39, 0.29) is 11.7 Å². The van der Waals surface area contributed by atoms with Gasteiger partial charge in [-0.15, -0.1) is 0 Å². The first-order valence-electron chi connectivity index (χ1n) is 4.34. The standard InChI is InChI=1S/C10H14O2S/c1-2-9(8-13(11)12)10-6-4-3-5-7-10/h3-7,9H,2,8H2,1H3,(H,11,12)/p-1. The third-order valence-corrected chi connectivity index (χ3v) is 2.78. The molecule has 0 saturated carbocycles.